The molecule has 1 N–H and O–H groups in total. The molecule has 0 fully saturated rings. The minimum atomic E-state index is -0.350. The lowest BCUT2D eigenvalue weighted by Gasteiger charge is -2.19. The predicted molar refractivity (Wildman–Crippen MR) is 116 cm³/mol. The van der Waals surface area contributed by atoms with E-state index < -0.39 is 0 Å². The van der Waals surface area contributed by atoms with Gasteiger partial charge >= 0.3 is 0 Å². The van der Waals surface area contributed by atoms with Gasteiger partial charge in [0.15, 0.2) is 0 Å². The Morgan fingerprint density at radius 1 is 1.06 bits per heavy atom. The quantitative estimate of drug-likeness (QED) is 0.551. The third kappa shape index (κ3) is 4.44. The number of rotatable bonds is 8. The molecule has 0 saturated heterocycles. The molecule has 0 radical (unpaired) electrons. The SMILES string of the molecule is CN(CCCc1cc(-c2ccc(F)cc2)n[nH]1)C(=O)CCN1C(=O)c2ccccc2C1=O. The number of H-pyrrole nitrogens is 1. The first kappa shape index (κ1) is 21.4. The minimum Gasteiger partial charge on any atom is -0.346 e. The normalized spacial score (nSPS) is 12.9. The summed E-state index contributed by atoms with van der Waals surface area (Å²) in [7, 11) is 1.71. The molecule has 0 aliphatic carbocycles. The van der Waals surface area contributed by atoms with Crippen LogP contribution in [-0.4, -0.2) is 57.9 Å². The largest absolute Gasteiger partial charge is 0.346 e. The van der Waals surface area contributed by atoms with Crippen molar-refractivity contribution in [3.05, 3.63) is 77.2 Å². The lowest BCUT2D eigenvalue weighted by Crippen LogP contribution is -2.35. The lowest BCUT2D eigenvalue weighted by molar-refractivity contribution is -0.130. The average Bonchev–Trinajstić information content (AvgIpc) is 3.36. The Bertz CT molecular complexity index is 1120. The average molecular weight is 434 g/mol. The molecule has 2 aromatic carbocycles. The molecule has 0 saturated carbocycles. The highest BCUT2D eigenvalue weighted by Crippen LogP contribution is 2.22. The second-order valence-corrected chi connectivity index (χ2v) is 7.76. The maximum atomic E-state index is 13.1. The highest BCUT2D eigenvalue weighted by molar-refractivity contribution is 6.21. The molecule has 2 heterocycles. The number of aromatic nitrogens is 2. The van der Waals surface area contributed by atoms with Crippen LogP contribution in [0, 0.1) is 5.82 Å². The Morgan fingerprint density at radius 2 is 1.72 bits per heavy atom. The number of fused-ring (bicyclic) bond motifs is 1. The highest BCUT2D eigenvalue weighted by atomic mass is 19.1. The van der Waals surface area contributed by atoms with Gasteiger partial charge in [0.25, 0.3) is 11.8 Å². The lowest BCUT2D eigenvalue weighted by atomic mass is 10.1. The van der Waals surface area contributed by atoms with E-state index in [1.807, 2.05) is 6.07 Å². The van der Waals surface area contributed by atoms with Gasteiger partial charge in [-0.2, -0.15) is 5.10 Å². The molecule has 3 aromatic rings. The molecule has 0 unspecified atom stereocenters. The van der Waals surface area contributed by atoms with Crippen molar-refractivity contribution in [1.29, 1.82) is 0 Å². The van der Waals surface area contributed by atoms with Crippen LogP contribution in [0.4, 0.5) is 4.39 Å². The van der Waals surface area contributed by atoms with Crippen LogP contribution in [0.5, 0.6) is 0 Å². The first-order valence-electron chi connectivity index (χ1n) is 10.4. The first-order chi connectivity index (χ1) is 15.4. The van der Waals surface area contributed by atoms with Crippen LogP contribution in [0.15, 0.2) is 54.6 Å². The summed E-state index contributed by atoms with van der Waals surface area (Å²) in [5.74, 6) is -1.12. The van der Waals surface area contributed by atoms with Crippen molar-refractivity contribution in [3.8, 4) is 11.3 Å². The van der Waals surface area contributed by atoms with E-state index in [-0.39, 0.29) is 36.5 Å². The van der Waals surface area contributed by atoms with Crippen molar-refractivity contribution in [2.75, 3.05) is 20.1 Å². The fourth-order valence-corrected chi connectivity index (χ4v) is 3.73. The van der Waals surface area contributed by atoms with Gasteiger partial charge in [-0.25, -0.2) is 4.39 Å². The summed E-state index contributed by atoms with van der Waals surface area (Å²) < 4.78 is 13.1. The number of imide groups is 1. The Labute approximate surface area is 184 Å². The third-order valence-corrected chi connectivity index (χ3v) is 5.56. The summed E-state index contributed by atoms with van der Waals surface area (Å²) in [6.45, 7) is 0.600. The number of hydrogen-bond acceptors (Lipinski definition) is 4. The highest BCUT2D eigenvalue weighted by Gasteiger charge is 2.35. The number of amides is 3. The van der Waals surface area contributed by atoms with Crippen LogP contribution in [0.2, 0.25) is 0 Å². The molecule has 32 heavy (non-hydrogen) atoms. The number of aryl methyl sites for hydroxylation is 1. The Kier molecular flexibility index (Phi) is 6.11. The van der Waals surface area contributed by atoms with Gasteiger partial charge in [-0.1, -0.05) is 12.1 Å². The van der Waals surface area contributed by atoms with Gasteiger partial charge < -0.3 is 4.90 Å². The number of nitrogens with zero attached hydrogens (tertiary/aromatic N) is 3. The van der Waals surface area contributed by atoms with Crippen LogP contribution in [0.3, 0.4) is 0 Å². The number of benzene rings is 2. The van der Waals surface area contributed by atoms with Gasteiger partial charge in [-0.15, -0.1) is 0 Å². The van der Waals surface area contributed by atoms with Crippen LogP contribution in [-0.2, 0) is 11.2 Å². The summed E-state index contributed by atoms with van der Waals surface area (Å²) >= 11 is 0. The van der Waals surface area contributed by atoms with E-state index >= 15 is 0 Å². The second kappa shape index (κ2) is 9.13. The maximum Gasteiger partial charge on any atom is 0.261 e. The number of nitrogens with one attached hydrogen (secondary N) is 1. The zero-order valence-electron chi connectivity index (χ0n) is 17.7. The van der Waals surface area contributed by atoms with E-state index in [1.165, 1.54) is 12.1 Å². The van der Waals surface area contributed by atoms with Crippen LogP contribution in [0.1, 0.15) is 39.3 Å². The molecule has 7 nitrogen and oxygen atoms in total. The number of carbonyl (C=O) groups is 3. The zero-order valence-corrected chi connectivity index (χ0v) is 17.7. The third-order valence-electron chi connectivity index (χ3n) is 5.56. The summed E-state index contributed by atoms with van der Waals surface area (Å²) in [5, 5.41) is 7.23. The topological polar surface area (TPSA) is 86.4 Å². The van der Waals surface area contributed by atoms with Crippen molar-refractivity contribution < 1.29 is 18.8 Å². The molecule has 1 aliphatic rings. The van der Waals surface area contributed by atoms with E-state index in [9.17, 15) is 18.8 Å². The summed E-state index contributed by atoms with van der Waals surface area (Å²) in [5.41, 5.74) is 3.27. The van der Waals surface area contributed by atoms with Crippen molar-refractivity contribution in [2.24, 2.45) is 0 Å². The fraction of sp³-hybridized carbons (Fsp3) is 0.250. The van der Waals surface area contributed by atoms with E-state index in [0.717, 1.165) is 28.3 Å². The first-order valence-corrected chi connectivity index (χ1v) is 10.4. The molecule has 3 amide bonds. The fourth-order valence-electron chi connectivity index (χ4n) is 3.73. The standard InChI is InChI=1S/C24H23FN4O3/c1-28(13-4-5-18-15-21(27-26-18)16-8-10-17(25)11-9-16)22(30)12-14-29-23(31)19-6-2-3-7-20(19)24(29)32/h2-3,6-11,15H,4-5,12-14H2,1H3,(H,26,27). The van der Waals surface area contributed by atoms with Crippen LogP contribution in [0.25, 0.3) is 11.3 Å². The molecule has 0 spiro atoms. The van der Waals surface area contributed by atoms with E-state index in [4.69, 9.17) is 0 Å². The van der Waals surface area contributed by atoms with Crippen molar-refractivity contribution in [3.63, 3.8) is 0 Å². The van der Waals surface area contributed by atoms with E-state index in [1.54, 1.807) is 48.3 Å². The Balaban J connectivity index is 1.23. The van der Waals surface area contributed by atoms with Gasteiger partial charge in [0, 0.05) is 37.8 Å². The van der Waals surface area contributed by atoms with Gasteiger partial charge in [0.1, 0.15) is 5.82 Å². The van der Waals surface area contributed by atoms with Crippen molar-refractivity contribution >= 4 is 17.7 Å². The van der Waals surface area contributed by atoms with Crippen molar-refractivity contribution in [2.45, 2.75) is 19.3 Å². The number of hydrogen-bond donors (Lipinski definition) is 1. The number of aromatic amines is 1. The van der Waals surface area contributed by atoms with Gasteiger partial charge in [-0.3, -0.25) is 24.4 Å². The zero-order chi connectivity index (χ0) is 22.7. The molecule has 1 aliphatic heterocycles. The maximum absolute atomic E-state index is 13.1. The minimum absolute atomic E-state index is 0.0666. The molecular weight excluding hydrogens is 411 g/mol. The van der Waals surface area contributed by atoms with Gasteiger partial charge in [0.05, 0.1) is 16.8 Å². The van der Waals surface area contributed by atoms with Crippen molar-refractivity contribution in [1.82, 2.24) is 20.0 Å². The number of carbonyl (C=O) groups excluding carboxylic acids is 3. The molecule has 164 valence electrons. The Hall–Kier alpha value is -3.81. The molecule has 0 atom stereocenters. The van der Waals surface area contributed by atoms with E-state index in [0.29, 0.717) is 24.1 Å². The monoisotopic (exact) mass is 434 g/mol. The summed E-state index contributed by atoms with van der Waals surface area (Å²) in [6.07, 6.45) is 1.51. The van der Waals surface area contributed by atoms with E-state index in [2.05, 4.69) is 10.2 Å². The smallest absolute Gasteiger partial charge is 0.261 e. The summed E-state index contributed by atoms with van der Waals surface area (Å²) in [4.78, 5) is 40.0. The molecule has 0 bridgehead atoms. The molecule has 4 rings (SSSR count). The van der Waals surface area contributed by atoms with Crippen LogP contribution < -0.4 is 0 Å². The molecule has 1 aromatic heterocycles. The van der Waals surface area contributed by atoms with Gasteiger partial charge in [-0.05, 0) is 55.3 Å². The predicted octanol–water partition coefficient (Wildman–Crippen LogP) is 3.29. The molecular formula is C24H23FN4O3. The number of halogens is 1. The second-order valence-electron chi connectivity index (χ2n) is 7.76. The van der Waals surface area contributed by atoms with Crippen LogP contribution >= 0.6 is 0 Å². The molecule has 8 heteroatoms. The Morgan fingerprint density at radius 3 is 2.38 bits per heavy atom. The van der Waals surface area contributed by atoms with Gasteiger partial charge in [0.2, 0.25) is 5.91 Å². The summed E-state index contributed by atoms with van der Waals surface area (Å²) in [6, 6.07) is 14.7.